The third kappa shape index (κ3) is 6.24. The van der Waals surface area contributed by atoms with Gasteiger partial charge in [0.2, 0.25) is 0 Å². The highest BCUT2D eigenvalue weighted by Gasteiger charge is 2.23. The van der Waals surface area contributed by atoms with Gasteiger partial charge in [-0.3, -0.25) is 4.79 Å². The van der Waals surface area contributed by atoms with E-state index in [4.69, 9.17) is 0 Å². The van der Waals surface area contributed by atoms with Gasteiger partial charge in [0, 0.05) is 12.8 Å². The van der Waals surface area contributed by atoms with Crippen molar-refractivity contribution < 1.29 is 4.79 Å². The van der Waals surface area contributed by atoms with Crippen molar-refractivity contribution in [2.75, 3.05) is 0 Å². The Morgan fingerprint density at radius 1 is 0.882 bits per heavy atom. The van der Waals surface area contributed by atoms with Gasteiger partial charge < -0.3 is 0 Å². The first-order chi connectivity index (χ1) is 7.89. The van der Waals surface area contributed by atoms with E-state index in [9.17, 15) is 4.79 Å². The molecule has 0 amide bonds. The number of carbonyl (C=O) groups is 1. The van der Waals surface area contributed by atoms with E-state index in [-0.39, 0.29) is 0 Å². The van der Waals surface area contributed by atoms with Gasteiger partial charge in [-0.15, -0.1) is 0 Å². The zero-order chi connectivity index (χ0) is 12.9. The maximum Gasteiger partial charge on any atom is 0.132 e. The Morgan fingerprint density at radius 3 is 1.65 bits per heavy atom. The van der Waals surface area contributed by atoms with Crippen LogP contribution in [0.25, 0.3) is 0 Å². The van der Waals surface area contributed by atoms with E-state index in [0.29, 0.717) is 11.2 Å². The predicted octanol–water partition coefficient (Wildman–Crippen LogP) is 4.99. The largest absolute Gasteiger partial charge is 0.300 e. The van der Waals surface area contributed by atoms with E-state index >= 15 is 0 Å². The Balaban J connectivity index is 0.000000171. The van der Waals surface area contributed by atoms with Crippen LogP contribution in [0.5, 0.6) is 0 Å². The van der Waals surface area contributed by atoms with Crippen molar-refractivity contribution in [1.82, 2.24) is 0 Å². The normalized spacial score (nSPS) is 26.2. The highest BCUT2D eigenvalue weighted by molar-refractivity contribution is 5.78. The molecule has 0 aromatic rings. The highest BCUT2D eigenvalue weighted by atomic mass is 16.1. The van der Waals surface area contributed by atoms with Gasteiger partial charge in [0.1, 0.15) is 5.78 Å². The maximum absolute atomic E-state index is 10.6. The molecule has 0 N–H and O–H groups in total. The average molecular weight is 238 g/mol. The molecule has 17 heavy (non-hydrogen) atoms. The molecule has 2 aliphatic rings. The van der Waals surface area contributed by atoms with E-state index in [2.05, 4.69) is 27.7 Å². The molecule has 0 atom stereocenters. The molecule has 2 fully saturated rings. The van der Waals surface area contributed by atoms with Crippen LogP contribution in [0, 0.1) is 17.3 Å². The molecule has 0 aliphatic heterocycles. The Hall–Kier alpha value is -0.330. The SMILES string of the molecule is CC1CCC(=O)CC1.CC1CCC(C)(C)CC1. The number of rotatable bonds is 0. The first kappa shape index (κ1) is 14.7. The Bertz CT molecular complexity index is 222. The van der Waals surface area contributed by atoms with E-state index in [1.807, 2.05) is 0 Å². The van der Waals surface area contributed by atoms with Gasteiger partial charge in [0.05, 0.1) is 0 Å². The summed E-state index contributed by atoms with van der Waals surface area (Å²) in [5.74, 6) is 2.26. The summed E-state index contributed by atoms with van der Waals surface area (Å²) < 4.78 is 0. The molecule has 2 saturated carbocycles. The standard InChI is InChI=1S/C9H18.C7H12O/c1-8-4-6-9(2,3)7-5-8;1-6-2-4-7(8)5-3-6/h8H,4-7H2,1-3H3;6H,2-5H2,1H3. The minimum Gasteiger partial charge on any atom is -0.300 e. The van der Waals surface area contributed by atoms with Crippen LogP contribution in [-0.4, -0.2) is 5.78 Å². The predicted molar refractivity (Wildman–Crippen MR) is 74.1 cm³/mol. The van der Waals surface area contributed by atoms with E-state index in [1.165, 1.54) is 25.7 Å². The smallest absolute Gasteiger partial charge is 0.132 e. The quantitative estimate of drug-likeness (QED) is 0.581. The topological polar surface area (TPSA) is 17.1 Å². The Labute approximate surface area is 107 Å². The van der Waals surface area contributed by atoms with Crippen molar-refractivity contribution in [2.24, 2.45) is 17.3 Å². The maximum atomic E-state index is 10.6. The third-order valence-corrected chi connectivity index (χ3v) is 4.46. The second-order valence-electron chi connectivity index (χ2n) is 7.07. The van der Waals surface area contributed by atoms with Crippen LogP contribution < -0.4 is 0 Å². The molecule has 0 heterocycles. The summed E-state index contributed by atoms with van der Waals surface area (Å²) in [6.07, 6.45) is 9.70. The molecule has 0 saturated heterocycles. The molecule has 1 heteroatoms. The minimum atomic E-state index is 0.461. The van der Waals surface area contributed by atoms with E-state index in [0.717, 1.165) is 37.5 Å². The number of ketones is 1. The second-order valence-corrected chi connectivity index (χ2v) is 7.07. The molecule has 100 valence electrons. The zero-order valence-electron chi connectivity index (χ0n) is 12.2. The summed E-state index contributed by atoms with van der Waals surface area (Å²) in [7, 11) is 0. The summed E-state index contributed by atoms with van der Waals surface area (Å²) in [5.41, 5.74) is 0.659. The molecule has 0 spiro atoms. The fourth-order valence-corrected chi connectivity index (χ4v) is 2.63. The van der Waals surface area contributed by atoms with Gasteiger partial charge >= 0.3 is 0 Å². The van der Waals surface area contributed by atoms with Crippen LogP contribution in [0.4, 0.5) is 0 Å². The van der Waals surface area contributed by atoms with Crippen molar-refractivity contribution >= 4 is 5.78 Å². The molecule has 0 unspecified atom stereocenters. The fourth-order valence-electron chi connectivity index (χ4n) is 2.63. The Morgan fingerprint density at radius 2 is 1.29 bits per heavy atom. The van der Waals surface area contributed by atoms with Crippen LogP contribution in [-0.2, 0) is 4.79 Å². The first-order valence-corrected chi connectivity index (χ1v) is 7.41. The molecular formula is C16H30O. The first-order valence-electron chi connectivity index (χ1n) is 7.41. The summed E-state index contributed by atoms with van der Waals surface area (Å²) in [5, 5.41) is 0. The van der Waals surface area contributed by atoms with E-state index < -0.39 is 0 Å². The van der Waals surface area contributed by atoms with Gasteiger partial charge in [-0.2, -0.15) is 0 Å². The van der Waals surface area contributed by atoms with Crippen LogP contribution in [0.15, 0.2) is 0 Å². The lowest BCUT2D eigenvalue weighted by Crippen LogP contribution is -2.19. The van der Waals surface area contributed by atoms with Crippen molar-refractivity contribution in [3.63, 3.8) is 0 Å². The number of Topliss-reactive ketones (excluding diaryl/α,β-unsaturated/α-hetero) is 1. The number of carbonyl (C=O) groups excluding carboxylic acids is 1. The monoisotopic (exact) mass is 238 g/mol. The molecular weight excluding hydrogens is 208 g/mol. The molecule has 0 bridgehead atoms. The summed E-state index contributed by atoms with van der Waals surface area (Å²) >= 11 is 0. The lowest BCUT2D eigenvalue weighted by atomic mass is 9.74. The summed E-state index contributed by atoms with van der Waals surface area (Å²) in [6, 6.07) is 0. The van der Waals surface area contributed by atoms with Crippen LogP contribution >= 0.6 is 0 Å². The Kier molecular flexibility index (Phi) is 5.69. The van der Waals surface area contributed by atoms with Gasteiger partial charge in [-0.25, -0.2) is 0 Å². The lowest BCUT2D eigenvalue weighted by molar-refractivity contribution is -0.120. The van der Waals surface area contributed by atoms with Crippen LogP contribution in [0.2, 0.25) is 0 Å². The van der Waals surface area contributed by atoms with Crippen molar-refractivity contribution in [2.45, 2.75) is 79.1 Å². The van der Waals surface area contributed by atoms with Crippen molar-refractivity contribution in [3.8, 4) is 0 Å². The van der Waals surface area contributed by atoms with Gasteiger partial charge in [0.25, 0.3) is 0 Å². The van der Waals surface area contributed by atoms with Gasteiger partial charge in [-0.05, 0) is 42.9 Å². The van der Waals surface area contributed by atoms with Gasteiger partial charge in [-0.1, -0.05) is 40.5 Å². The summed E-state index contributed by atoms with van der Waals surface area (Å²) in [4.78, 5) is 10.6. The van der Waals surface area contributed by atoms with Crippen molar-refractivity contribution in [1.29, 1.82) is 0 Å². The van der Waals surface area contributed by atoms with Gasteiger partial charge in [0.15, 0.2) is 0 Å². The fraction of sp³-hybridized carbons (Fsp3) is 0.938. The third-order valence-electron chi connectivity index (χ3n) is 4.46. The molecule has 2 rings (SSSR count). The highest BCUT2D eigenvalue weighted by Crippen LogP contribution is 2.37. The van der Waals surface area contributed by atoms with E-state index in [1.54, 1.807) is 0 Å². The minimum absolute atomic E-state index is 0.461. The molecule has 0 aromatic heterocycles. The number of hydrogen-bond donors (Lipinski definition) is 0. The van der Waals surface area contributed by atoms with Crippen LogP contribution in [0.3, 0.4) is 0 Å². The second kappa shape index (κ2) is 6.56. The zero-order valence-corrected chi connectivity index (χ0v) is 12.2. The molecule has 0 radical (unpaired) electrons. The number of hydrogen-bond acceptors (Lipinski definition) is 1. The summed E-state index contributed by atoms with van der Waals surface area (Å²) in [6.45, 7) is 9.36. The lowest BCUT2D eigenvalue weighted by Gasteiger charge is -2.32. The average Bonchev–Trinajstić information content (AvgIpc) is 2.28. The van der Waals surface area contributed by atoms with Crippen molar-refractivity contribution in [3.05, 3.63) is 0 Å². The molecule has 2 aliphatic carbocycles. The van der Waals surface area contributed by atoms with Crippen LogP contribution in [0.1, 0.15) is 79.1 Å². The molecule has 1 nitrogen and oxygen atoms in total. The molecule has 0 aromatic carbocycles.